The molecule has 13 nitrogen and oxygen atoms in total. The van der Waals surface area contributed by atoms with Gasteiger partial charge in [-0.25, -0.2) is 0 Å². The van der Waals surface area contributed by atoms with Crippen LogP contribution in [0.3, 0.4) is 0 Å². The van der Waals surface area contributed by atoms with Crippen molar-refractivity contribution in [2.24, 2.45) is 10.2 Å². The first kappa shape index (κ1) is 34.8. The summed E-state index contributed by atoms with van der Waals surface area (Å²) in [7, 11) is 2.83. The number of rotatable bonds is 15. The van der Waals surface area contributed by atoms with Gasteiger partial charge < -0.3 is 35.2 Å². The average Bonchev–Trinajstić information content (AvgIpc) is 3.76. The molecular formula is C32H42ClN7O6. The topological polar surface area (TPSA) is 154 Å². The minimum Gasteiger partial charge on any atom is -0.495 e. The number of ether oxygens (including phenoxy) is 2. The highest BCUT2D eigenvalue weighted by atomic mass is 35.5. The molecule has 2 aliphatic heterocycles. The first-order valence-electron chi connectivity index (χ1n) is 15.5. The van der Waals surface area contributed by atoms with Gasteiger partial charge in [0.2, 0.25) is 6.04 Å². The molecule has 4 rings (SSSR count). The third-order valence-corrected chi connectivity index (χ3v) is 8.22. The summed E-state index contributed by atoms with van der Waals surface area (Å²) in [5.74, 6) is -1.53. The maximum atomic E-state index is 13.2. The minimum absolute atomic E-state index is 0.140. The van der Waals surface area contributed by atoms with Crippen molar-refractivity contribution >= 4 is 46.5 Å². The lowest BCUT2D eigenvalue weighted by Gasteiger charge is -2.16. The fourth-order valence-electron chi connectivity index (χ4n) is 5.40. The Kier molecular flexibility index (Phi) is 12.9. The number of nitrogens with zero attached hydrogens (tertiary/aromatic N) is 4. The van der Waals surface area contributed by atoms with Crippen molar-refractivity contribution < 1.29 is 28.7 Å². The number of likely N-dealkylation sites (tertiary alicyclic amines) is 2. The summed E-state index contributed by atoms with van der Waals surface area (Å²) < 4.78 is 10.5. The second-order valence-corrected chi connectivity index (χ2v) is 11.7. The number of azo groups is 1. The van der Waals surface area contributed by atoms with Crippen LogP contribution in [0.4, 0.5) is 11.4 Å². The van der Waals surface area contributed by atoms with E-state index in [1.54, 1.807) is 0 Å². The monoisotopic (exact) mass is 655 g/mol. The van der Waals surface area contributed by atoms with Gasteiger partial charge in [0.05, 0.1) is 30.6 Å². The minimum atomic E-state index is -1.53. The molecule has 1 atom stereocenters. The highest BCUT2D eigenvalue weighted by Gasteiger charge is 2.25. The number of ketones is 1. The summed E-state index contributed by atoms with van der Waals surface area (Å²) in [6.45, 7) is 7.62. The van der Waals surface area contributed by atoms with Crippen molar-refractivity contribution in [2.75, 3.05) is 71.9 Å². The first-order valence-corrected chi connectivity index (χ1v) is 15.9. The molecule has 14 heteroatoms. The number of methoxy groups -OCH3 is 2. The number of halogens is 1. The number of nitrogens with one attached hydrogen (secondary N) is 3. The molecule has 0 spiro atoms. The van der Waals surface area contributed by atoms with Crippen LogP contribution >= 0.6 is 11.6 Å². The Morgan fingerprint density at radius 1 is 0.804 bits per heavy atom. The third kappa shape index (κ3) is 9.71. The van der Waals surface area contributed by atoms with Crippen LogP contribution in [0.2, 0.25) is 5.02 Å². The van der Waals surface area contributed by atoms with Crippen molar-refractivity contribution in [3.05, 3.63) is 46.5 Å². The largest absolute Gasteiger partial charge is 0.495 e. The maximum Gasteiger partial charge on any atom is 0.258 e. The average molecular weight is 656 g/mol. The fourth-order valence-corrected chi connectivity index (χ4v) is 5.64. The van der Waals surface area contributed by atoms with E-state index in [2.05, 4.69) is 36.0 Å². The molecule has 3 N–H and O–H groups in total. The number of Topliss-reactive ketones (excluding diaryl/α,β-unsaturated/α-hetero) is 1. The molecule has 0 radical (unpaired) electrons. The number of anilines is 1. The molecule has 2 aromatic rings. The van der Waals surface area contributed by atoms with Gasteiger partial charge in [0.25, 0.3) is 17.7 Å². The summed E-state index contributed by atoms with van der Waals surface area (Å²) in [4.78, 5) is 56.5. The van der Waals surface area contributed by atoms with Crippen LogP contribution in [0.15, 0.2) is 40.6 Å². The number of amides is 3. The van der Waals surface area contributed by atoms with Crippen LogP contribution in [0, 0.1) is 0 Å². The van der Waals surface area contributed by atoms with Crippen molar-refractivity contribution in [1.29, 1.82) is 0 Å². The van der Waals surface area contributed by atoms with Crippen molar-refractivity contribution in [2.45, 2.75) is 38.6 Å². The van der Waals surface area contributed by atoms with Crippen LogP contribution < -0.4 is 25.4 Å². The van der Waals surface area contributed by atoms with Gasteiger partial charge in [-0.3, -0.25) is 19.2 Å². The quantitative estimate of drug-likeness (QED) is 0.194. The van der Waals surface area contributed by atoms with E-state index in [9.17, 15) is 19.2 Å². The molecule has 2 fully saturated rings. The van der Waals surface area contributed by atoms with Gasteiger partial charge in [-0.2, -0.15) is 10.2 Å². The maximum absolute atomic E-state index is 13.2. The normalized spacial score (nSPS) is 15.9. The van der Waals surface area contributed by atoms with E-state index in [4.69, 9.17) is 21.1 Å². The van der Waals surface area contributed by atoms with Crippen LogP contribution in [0.1, 0.15) is 53.3 Å². The van der Waals surface area contributed by atoms with Crippen LogP contribution in [0.5, 0.6) is 11.5 Å². The van der Waals surface area contributed by atoms with E-state index in [0.29, 0.717) is 18.8 Å². The highest BCUT2D eigenvalue weighted by molar-refractivity contribution is 6.32. The molecule has 0 bridgehead atoms. The first-order chi connectivity index (χ1) is 22.2. The van der Waals surface area contributed by atoms with E-state index >= 15 is 0 Å². The summed E-state index contributed by atoms with van der Waals surface area (Å²) >= 11 is 6.17. The zero-order valence-electron chi connectivity index (χ0n) is 26.6. The lowest BCUT2D eigenvalue weighted by Crippen LogP contribution is -2.34. The number of hydrogen-bond donors (Lipinski definition) is 3. The van der Waals surface area contributed by atoms with Crippen molar-refractivity contribution in [3.8, 4) is 11.5 Å². The van der Waals surface area contributed by atoms with Gasteiger partial charge in [-0.05, 0) is 77.0 Å². The van der Waals surface area contributed by atoms with Crippen molar-refractivity contribution in [1.82, 2.24) is 20.4 Å². The van der Waals surface area contributed by atoms with Crippen LogP contribution in [0.25, 0.3) is 0 Å². The Morgan fingerprint density at radius 3 is 1.80 bits per heavy atom. The summed E-state index contributed by atoms with van der Waals surface area (Å²) in [5, 5.41) is 16.9. The Hall–Kier alpha value is -4.07. The van der Waals surface area contributed by atoms with E-state index < -0.39 is 17.7 Å². The molecule has 2 saturated heterocycles. The zero-order valence-corrected chi connectivity index (χ0v) is 27.3. The van der Waals surface area contributed by atoms with Crippen molar-refractivity contribution in [3.63, 3.8) is 0 Å². The number of carbonyl (C=O) groups is 4. The van der Waals surface area contributed by atoms with E-state index in [1.165, 1.54) is 51.5 Å². The Labute approximate surface area is 274 Å². The Bertz CT molecular complexity index is 1390. The SMILES string of the molecule is COc1cc(NC(=O)C(N=Nc2cc(C(=O)NCCN3CCCC3)cc(C(=O)NCCN3CCCC3)c2)C(C)=O)c(OC)cc1Cl. The lowest BCUT2D eigenvalue weighted by atomic mass is 10.1. The molecule has 2 heterocycles. The smallest absolute Gasteiger partial charge is 0.258 e. The lowest BCUT2D eigenvalue weighted by molar-refractivity contribution is -0.126. The molecule has 0 aliphatic carbocycles. The molecule has 0 aromatic heterocycles. The van der Waals surface area contributed by atoms with E-state index in [-0.39, 0.29) is 45.1 Å². The summed E-state index contributed by atoms with van der Waals surface area (Å²) in [5.41, 5.74) is 0.783. The second-order valence-electron chi connectivity index (χ2n) is 11.3. The van der Waals surface area contributed by atoms with E-state index in [0.717, 1.165) is 65.0 Å². The Balaban J connectivity index is 1.52. The predicted octanol–water partition coefficient (Wildman–Crippen LogP) is 3.69. The highest BCUT2D eigenvalue weighted by Crippen LogP contribution is 2.36. The second kappa shape index (κ2) is 17.0. The standard InChI is InChI=1S/C32H42ClN7O6/c1-21(41)29(32(44)36-26-20-27(45-2)25(33)19-28(26)46-3)38-37-24-17-22(30(42)34-8-14-39-10-4-5-11-39)16-23(18-24)31(43)35-9-15-40-12-6-7-13-40/h16-20,29H,4-15H2,1-3H3,(H,34,42)(H,35,43)(H,36,44). The third-order valence-electron chi connectivity index (χ3n) is 7.92. The molecule has 2 aliphatic rings. The Morgan fingerprint density at radius 2 is 1.33 bits per heavy atom. The molecule has 2 aromatic carbocycles. The molecule has 248 valence electrons. The molecule has 1 unspecified atom stereocenters. The fraction of sp³-hybridized carbons (Fsp3) is 0.500. The number of benzene rings is 2. The molecular weight excluding hydrogens is 614 g/mol. The van der Waals surface area contributed by atoms with Gasteiger partial charge in [0, 0.05) is 49.4 Å². The van der Waals surface area contributed by atoms with Gasteiger partial charge in [0.15, 0.2) is 5.78 Å². The molecule has 46 heavy (non-hydrogen) atoms. The van der Waals surface area contributed by atoms with Gasteiger partial charge in [0.1, 0.15) is 11.5 Å². The van der Waals surface area contributed by atoms with Crippen LogP contribution in [-0.4, -0.2) is 106 Å². The van der Waals surface area contributed by atoms with Crippen LogP contribution in [-0.2, 0) is 9.59 Å². The summed E-state index contributed by atoms with van der Waals surface area (Å²) in [6.07, 6.45) is 4.60. The number of carbonyl (C=O) groups excluding carboxylic acids is 4. The van der Waals surface area contributed by atoms with Gasteiger partial charge >= 0.3 is 0 Å². The van der Waals surface area contributed by atoms with Gasteiger partial charge in [-0.15, -0.1) is 0 Å². The number of hydrogen-bond acceptors (Lipinski definition) is 10. The van der Waals surface area contributed by atoms with Gasteiger partial charge in [-0.1, -0.05) is 11.6 Å². The zero-order chi connectivity index (χ0) is 33.1. The van der Waals surface area contributed by atoms with E-state index in [1.807, 2.05) is 0 Å². The molecule has 0 saturated carbocycles. The molecule has 3 amide bonds. The predicted molar refractivity (Wildman–Crippen MR) is 175 cm³/mol. The summed E-state index contributed by atoms with van der Waals surface area (Å²) in [6, 6.07) is 5.86.